The Balaban J connectivity index is 1.33. The Morgan fingerprint density at radius 3 is 2.85 bits per heavy atom. The standard InChI is InChI=1S/C19H27N5OS/c1-25-12-7-18-21-19(26-22-18)20-16-3-2-4-17(13-16)24-10-8-23(9-11-24)14-15-5-6-15/h2-4,13,15H,5-12,14H2,1H3,(H,20,21,22). The number of hydrogen-bond donors (Lipinski definition) is 1. The van der Waals surface area contributed by atoms with Gasteiger partial charge in [-0.3, -0.25) is 4.90 Å². The Kier molecular flexibility index (Phi) is 5.67. The van der Waals surface area contributed by atoms with Crippen molar-refractivity contribution in [3.8, 4) is 0 Å². The van der Waals surface area contributed by atoms with Crippen molar-refractivity contribution in [1.29, 1.82) is 0 Å². The number of piperazine rings is 1. The van der Waals surface area contributed by atoms with E-state index < -0.39 is 0 Å². The summed E-state index contributed by atoms with van der Waals surface area (Å²) in [5.41, 5.74) is 2.35. The molecular formula is C19H27N5OS. The van der Waals surface area contributed by atoms with E-state index in [2.05, 4.69) is 48.7 Å². The molecule has 1 saturated heterocycles. The second kappa shape index (κ2) is 8.33. The first kappa shape index (κ1) is 17.7. The number of nitrogens with zero attached hydrogens (tertiary/aromatic N) is 4. The number of hydrogen-bond acceptors (Lipinski definition) is 7. The van der Waals surface area contributed by atoms with Gasteiger partial charge in [0, 0.05) is 69.2 Å². The summed E-state index contributed by atoms with van der Waals surface area (Å²) >= 11 is 1.40. The van der Waals surface area contributed by atoms with Gasteiger partial charge in [-0.2, -0.15) is 4.37 Å². The van der Waals surface area contributed by atoms with E-state index in [1.807, 2.05) is 0 Å². The molecule has 2 heterocycles. The molecule has 140 valence electrons. The number of benzene rings is 1. The highest BCUT2D eigenvalue weighted by Gasteiger charge is 2.26. The summed E-state index contributed by atoms with van der Waals surface area (Å²) in [6.07, 6.45) is 3.62. The SMILES string of the molecule is COCCc1nsc(Nc2cccc(N3CCN(CC4CC4)CC3)c2)n1. The van der Waals surface area contributed by atoms with Gasteiger partial charge in [0.15, 0.2) is 0 Å². The van der Waals surface area contributed by atoms with Crippen LogP contribution in [-0.4, -0.2) is 60.7 Å². The summed E-state index contributed by atoms with van der Waals surface area (Å²) < 4.78 is 9.45. The normalized spacial score (nSPS) is 18.3. The summed E-state index contributed by atoms with van der Waals surface area (Å²) in [6.45, 7) is 6.52. The van der Waals surface area contributed by atoms with Gasteiger partial charge < -0.3 is 15.0 Å². The molecule has 1 aromatic carbocycles. The minimum atomic E-state index is 0.651. The van der Waals surface area contributed by atoms with Crippen LogP contribution < -0.4 is 10.2 Å². The Bertz CT molecular complexity index is 709. The van der Waals surface area contributed by atoms with E-state index >= 15 is 0 Å². The minimum absolute atomic E-state index is 0.651. The number of anilines is 3. The lowest BCUT2D eigenvalue weighted by Crippen LogP contribution is -2.47. The van der Waals surface area contributed by atoms with Crippen molar-refractivity contribution >= 4 is 28.0 Å². The van der Waals surface area contributed by atoms with Gasteiger partial charge in [-0.1, -0.05) is 6.07 Å². The van der Waals surface area contributed by atoms with Gasteiger partial charge in [-0.05, 0) is 37.0 Å². The van der Waals surface area contributed by atoms with Crippen molar-refractivity contribution in [2.24, 2.45) is 5.92 Å². The van der Waals surface area contributed by atoms with Crippen LogP contribution in [-0.2, 0) is 11.2 Å². The fourth-order valence-corrected chi connectivity index (χ4v) is 3.99. The number of rotatable bonds is 8. The van der Waals surface area contributed by atoms with E-state index in [1.54, 1.807) is 7.11 Å². The maximum absolute atomic E-state index is 5.08. The topological polar surface area (TPSA) is 53.5 Å². The first-order chi connectivity index (χ1) is 12.8. The second-order valence-electron chi connectivity index (χ2n) is 7.16. The molecule has 1 aromatic heterocycles. The molecule has 1 N–H and O–H groups in total. The van der Waals surface area contributed by atoms with Crippen molar-refractivity contribution in [1.82, 2.24) is 14.3 Å². The van der Waals surface area contributed by atoms with Gasteiger partial charge in [-0.15, -0.1) is 0 Å². The highest BCUT2D eigenvalue weighted by Crippen LogP contribution is 2.30. The van der Waals surface area contributed by atoms with Crippen LogP contribution in [0.2, 0.25) is 0 Å². The van der Waals surface area contributed by atoms with Crippen LogP contribution in [0.5, 0.6) is 0 Å². The van der Waals surface area contributed by atoms with Crippen LogP contribution in [0.15, 0.2) is 24.3 Å². The molecule has 4 rings (SSSR count). The fourth-order valence-electron chi connectivity index (χ4n) is 3.36. The number of nitrogens with one attached hydrogen (secondary N) is 1. The summed E-state index contributed by atoms with van der Waals surface area (Å²) in [5, 5.41) is 4.23. The molecule has 1 saturated carbocycles. The van der Waals surface area contributed by atoms with Crippen LogP contribution in [0.1, 0.15) is 18.7 Å². The van der Waals surface area contributed by atoms with Crippen molar-refractivity contribution < 1.29 is 4.74 Å². The van der Waals surface area contributed by atoms with E-state index in [-0.39, 0.29) is 0 Å². The number of methoxy groups -OCH3 is 1. The van der Waals surface area contributed by atoms with E-state index in [0.717, 1.165) is 42.1 Å². The van der Waals surface area contributed by atoms with Crippen LogP contribution >= 0.6 is 11.5 Å². The van der Waals surface area contributed by atoms with Crippen molar-refractivity contribution in [3.63, 3.8) is 0 Å². The largest absolute Gasteiger partial charge is 0.384 e. The molecule has 0 atom stereocenters. The van der Waals surface area contributed by atoms with Crippen molar-refractivity contribution in [2.45, 2.75) is 19.3 Å². The minimum Gasteiger partial charge on any atom is -0.384 e. The molecule has 1 aliphatic heterocycles. The van der Waals surface area contributed by atoms with E-state index in [4.69, 9.17) is 4.74 Å². The van der Waals surface area contributed by atoms with Crippen molar-refractivity contribution in [2.75, 3.05) is 56.7 Å². The Labute approximate surface area is 159 Å². The lowest BCUT2D eigenvalue weighted by atomic mass is 10.2. The summed E-state index contributed by atoms with van der Waals surface area (Å²) in [7, 11) is 1.70. The molecule has 2 fully saturated rings. The fraction of sp³-hybridized carbons (Fsp3) is 0.579. The van der Waals surface area contributed by atoms with E-state index in [0.29, 0.717) is 6.61 Å². The Morgan fingerprint density at radius 1 is 1.23 bits per heavy atom. The Hall–Kier alpha value is -1.70. The maximum Gasteiger partial charge on any atom is 0.207 e. The quantitative estimate of drug-likeness (QED) is 0.768. The molecule has 2 aliphatic rings. The van der Waals surface area contributed by atoms with E-state index in [1.165, 1.54) is 49.7 Å². The summed E-state index contributed by atoms with van der Waals surface area (Å²) in [4.78, 5) is 9.63. The van der Waals surface area contributed by atoms with Crippen LogP contribution in [0.4, 0.5) is 16.5 Å². The zero-order valence-corrected chi connectivity index (χ0v) is 16.2. The van der Waals surface area contributed by atoms with Gasteiger partial charge in [0.1, 0.15) is 5.82 Å². The highest BCUT2D eigenvalue weighted by molar-refractivity contribution is 7.09. The van der Waals surface area contributed by atoms with E-state index in [9.17, 15) is 0 Å². The average molecular weight is 374 g/mol. The molecule has 0 radical (unpaired) electrons. The van der Waals surface area contributed by atoms with Crippen LogP contribution in [0.3, 0.4) is 0 Å². The first-order valence-electron chi connectivity index (χ1n) is 9.46. The summed E-state index contributed by atoms with van der Waals surface area (Å²) in [6, 6.07) is 8.61. The zero-order chi connectivity index (χ0) is 17.8. The predicted octanol–water partition coefficient (Wildman–Crippen LogP) is 3.00. The van der Waals surface area contributed by atoms with Crippen molar-refractivity contribution in [3.05, 3.63) is 30.1 Å². The van der Waals surface area contributed by atoms with Gasteiger partial charge in [0.05, 0.1) is 6.61 Å². The van der Waals surface area contributed by atoms with Crippen LogP contribution in [0.25, 0.3) is 0 Å². The van der Waals surface area contributed by atoms with Gasteiger partial charge in [0.2, 0.25) is 5.13 Å². The molecule has 7 heteroatoms. The number of aromatic nitrogens is 2. The third-order valence-electron chi connectivity index (χ3n) is 5.05. The molecule has 1 aliphatic carbocycles. The molecule has 6 nitrogen and oxygen atoms in total. The highest BCUT2D eigenvalue weighted by atomic mass is 32.1. The lowest BCUT2D eigenvalue weighted by molar-refractivity contribution is 0.201. The Morgan fingerprint density at radius 2 is 2.08 bits per heavy atom. The zero-order valence-electron chi connectivity index (χ0n) is 15.4. The summed E-state index contributed by atoms with van der Waals surface area (Å²) in [5.74, 6) is 1.82. The molecule has 0 unspecified atom stereocenters. The molecule has 26 heavy (non-hydrogen) atoms. The van der Waals surface area contributed by atoms with Gasteiger partial charge in [-0.25, -0.2) is 4.98 Å². The van der Waals surface area contributed by atoms with Gasteiger partial charge >= 0.3 is 0 Å². The molecule has 2 aromatic rings. The maximum atomic E-state index is 5.08. The van der Waals surface area contributed by atoms with Gasteiger partial charge in [0.25, 0.3) is 0 Å². The molecule has 0 spiro atoms. The smallest absolute Gasteiger partial charge is 0.207 e. The number of ether oxygens (including phenoxy) is 1. The molecule has 0 bridgehead atoms. The third kappa shape index (κ3) is 4.72. The van der Waals surface area contributed by atoms with Crippen LogP contribution in [0, 0.1) is 5.92 Å². The predicted molar refractivity (Wildman–Crippen MR) is 107 cm³/mol. The average Bonchev–Trinajstić information content (AvgIpc) is 3.38. The first-order valence-corrected chi connectivity index (χ1v) is 10.2. The molecule has 0 amide bonds. The molecular weight excluding hydrogens is 346 g/mol. The second-order valence-corrected chi connectivity index (χ2v) is 7.92. The lowest BCUT2D eigenvalue weighted by Gasteiger charge is -2.36. The third-order valence-corrected chi connectivity index (χ3v) is 5.71. The monoisotopic (exact) mass is 373 g/mol.